The van der Waals surface area contributed by atoms with E-state index in [1.165, 1.54) is 5.32 Å². The first-order valence-corrected chi connectivity index (χ1v) is 5.28. The van der Waals surface area contributed by atoms with Crippen molar-refractivity contribution in [1.82, 2.24) is 5.32 Å². The molecule has 0 radical (unpaired) electrons. The molecular formula is C9H14F3NO5. The molecule has 1 aliphatic heterocycles. The van der Waals surface area contributed by atoms with Crippen LogP contribution in [-0.4, -0.2) is 52.1 Å². The number of aliphatic hydroxyl groups is 3. The van der Waals surface area contributed by atoms with E-state index < -0.39 is 30.2 Å². The van der Waals surface area contributed by atoms with Gasteiger partial charge in [0.1, 0.15) is 6.10 Å². The maximum atomic E-state index is 12.1. The zero-order valence-corrected chi connectivity index (χ0v) is 9.28. The largest absolute Gasteiger partial charge is 0.421 e. The fraction of sp³-hybridized carbons (Fsp3) is 0.889. The van der Waals surface area contributed by atoms with Crippen LogP contribution in [0, 0.1) is 0 Å². The Morgan fingerprint density at radius 3 is 2.39 bits per heavy atom. The Kier molecular flexibility index (Phi) is 4.54. The molecule has 1 amide bonds. The molecule has 2 atom stereocenters. The van der Waals surface area contributed by atoms with Crippen LogP contribution in [0.25, 0.3) is 0 Å². The van der Waals surface area contributed by atoms with E-state index in [1.54, 1.807) is 0 Å². The van der Waals surface area contributed by atoms with Gasteiger partial charge in [0.15, 0.2) is 0 Å². The first-order chi connectivity index (χ1) is 8.14. The van der Waals surface area contributed by atoms with E-state index in [1.807, 2.05) is 0 Å². The van der Waals surface area contributed by atoms with Gasteiger partial charge in [0, 0.05) is 6.61 Å². The number of carbonyl (C=O) groups is 1. The zero-order chi connectivity index (χ0) is 14.0. The molecule has 106 valence electrons. The van der Waals surface area contributed by atoms with Crippen LogP contribution >= 0.6 is 0 Å². The lowest BCUT2D eigenvalue weighted by atomic mass is 10.1. The number of amides is 1. The summed E-state index contributed by atoms with van der Waals surface area (Å²) in [5.41, 5.74) is 0. The van der Waals surface area contributed by atoms with Crippen molar-refractivity contribution in [3.63, 3.8) is 0 Å². The van der Waals surface area contributed by atoms with Crippen LogP contribution in [-0.2, 0) is 9.53 Å². The van der Waals surface area contributed by atoms with E-state index >= 15 is 0 Å². The number of aliphatic hydroxyl groups excluding tert-OH is 1. The number of rotatable bonds is 3. The second-order valence-electron chi connectivity index (χ2n) is 4.01. The minimum absolute atomic E-state index is 0.268. The molecule has 0 spiro atoms. The second-order valence-corrected chi connectivity index (χ2v) is 4.01. The highest BCUT2D eigenvalue weighted by Gasteiger charge is 2.53. The third-order valence-electron chi connectivity index (χ3n) is 2.47. The van der Waals surface area contributed by atoms with Crippen LogP contribution in [0.2, 0.25) is 0 Å². The first kappa shape index (κ1) is 15.2. The average Bonchev–Trinajstić information content (AvgIpc) is 2.27. The van der Waals surface area contributed by atoms with Crippen molar-refractivity contribution in [3.8, 4) is 0 Å². The Balaban J connectivity index is 2.61. The standard InChI is InChI=1S/C9H14F3NO5/c10-8(11,12)7(15)9(16,17)13-6(14)5-3-1-2-4-18-5/h5,7,15-17H,1-4H2,(H,13,14). The smallest absolute Gasteiger partial charge is 0.378 e. The summed E-state index contributed by atoms with van der Waals surface area (Å²) in [5, 5.41) is 28.0. The molecule has 1 fully saturated rings. The molecule has 0 aromatic heterocycles. The van der Waals surface area contributed by atoms with Gasteiger partial charge >= 0.3 is 6.18 Å². The molecule has 0 aromatic carbocycles. The lowest BCUT2D eigenvalue weighted by Crippen LogP contribution is -2.63. The summed E-state index contributed by atoms with van der Waals surface area (Å²) in [6.45, 7) is 0.268. The highest BCUT2D eigenvalue weighted by atomic mass is 19.4. The van der Waals surface area contributed by atoms with Gasteiger partial charge in [-0.2, -0.15) is 13.2 Å². The maximum absolute atomic E-state index is 12.1. The van der Waals surface area contributed by atoms with E-state index in [9.17, 15) is 18.0 Å². The molecule has 1 aliphatic rings. The fourth-order valence-corrected chi connectivity index (χ4v) is 1.51. The minimum Gasteiger partial charge on any atom is -0.378 e. The highest BCUT2D eigenvalue weighted by molar-refractivity contribution is 5.81. The van der Waals surface area contributed by atoms with E-state index in [0.717, 1.165) is 6.42 Å². The van der Waals surface area contributed by atoms with Crippen molar-refractivity contribution in [3.05, 3.63) is 0 Å². The topological polar surface area (TPSA) is 99.0 Å². The van der Waals surface area contributed by atoms with E-state index in [-0.39, 0.29) is 13.0 Å². The van der Waals surface area contributed by atoms with Gasteiger partial charge in [-0.3, -0.25) is 4.79 Å². The third kappa shape index (κ3) is 3.80. The summed E-state index contributed by atoms with van der Waals surface area (Å²) in [6.07, 6.45) is -8.19. The minimum atomic E-state index is -5.27. The number of hydrogen-bond acceptors (Lipinski definition) is 5. The number of alkyl halides is 3. The Labute approximate surface area is 100 Å². The molecule has 4 N–H and O–H groups in total. The van der Waals surface area contributed by atoms with Crippen molar-refractivity contribution >= 4 is 5.91 Å². The van der Waals surface area contributed by atoms with Gasteiger partial charge in [-0.25, -0.2) is 0 Å². The average molecular weight is 273 g/mol. The van der Waals surface area contributed by atoms with Crippen LogP contribution < -0.4 is 5.32 Å². The number of ether oxygens (including phenoxy) is 1. The molecule has 2 unspecified atom stereocenters. The lowest BCUT2D eigenvalue weighted by molar-refractivity contribution is -0.325. The molecule has 1 saturated heterocycles. The predicted molar refractivity (Wildman–Crippen MR) is 51.0 cm³/mol. The molecule has 6 nitrogen and oxygen atoms in total. The van der Waals surface area contributed by atoms with Crippen LogP contribution in [0.5, 0.6) is 0 Å². The Morgan fingerprint density at radius 1 is 1.33 bits per heavy atom. The van der Waals surface area contributed by atoms with Gasteiger partial charge in [0.2, 0.25) is 6.10 Å². The molecular weight excluding hydrogens is 259 g/mol. The number of nitrogens with one attached hydrogen (secondary N) is 1. The summed E-state index contributed by atoms with van der Waals surface area (Å²) < 4.78 is 41.2. The summed E-state index contributed by atoms with van der Waals surface area (Å²) in [7, 11) is 0. The SMILES string of the molecule is O=C(NC(O)(O)C(O)C(F)(F)F)C1CCCCO1. The van der Waals surface area contributed by atoms with Gasteiger partial charge in [-0.05, 0) is 19.3 Å². The molecule has 0 saturated carbocycles. The Hall–Kier alpha value is -0.900. The van der Waals surface area contributed by atoms with Crippen LogP contribution in [0.4, 0.5) is 13.2 Å². The Morgan fingerprint density at radius 2 is 1.94 bits per heavy atom. The zero-order valence-electron chi connectivity index (χ0n) is 9.28. The fourth-order valence-electron chi connectivity index (χ4n) is 1.51. The summed E-state index contributed by atoms with van der Waals surface area (Å²) in [4.78, 5) is 11.4. The lowest BCUT2D eigenvalue weighted by Gasteiger charge is -2.31. The van der Waals surface area contributed by atoms with Gasteiger partial charge in [0.25, 0.3) is 11.8 Å². The normalized spacial score (nSPS) is 23.6. The van der Waals surface area contributed by atoms with Crippen molar-refractivity contribution in [1.29, 1.82) is 0 Å². The van der Waals surface area contributed by atoms with Gasteiger partial charge in [-0.15, -0.1) is 0 Å². The molecule has 18 heavy (non-hydrogen) atoms. The number of carbonyl (C=O) groups excluding carboxylic acids is 1. The van der Waals surface area contributed by atoms with Crippen LogP contribution in [0.3, 0.4) is 0 Å². The molecule has 1 heterocycles. The summed E-state index contributed by atoms with van der Waals surface area (Å²) >= 11 is 0. The second kappa shape index (κ2) is 5.39. The quantitative estimate of drug-likeness (QED) is 0.506. The van der Waals surface area contributed by atoms with E-state index in [4.69, 9.17) is 20.1 Å². The van der Waals surface area contributed by atoms with Crippen molar-refractivity contribution in [2.75, 3.05) is 6.61 Å². The van der Waals surface area contributed by atoms with Gasteiger partial charge < -0.3 is 25.4 Å². The summed E-state index contributed by atoms with van der Waals surface area (Å²) in [6, 6.07) is 0. The van der Waals surface area contributed by atoms with Crippen LogP contribution in [0.1, 0.15) is 19.3 Å². The maximum Gasteiger partial charge on any atom is 0.421 e. The Bertz CT molecular complexity index is 301. The molecule has 0 aliphatic carbocycles. The molecule has 0 bridgehead atoms. The number of hydrogen-bond donors (Lipinski definition) is 4. The monoisotopic (exact) mass is 273 g/mol. The van der Waals surface area contributed by atoms with Gasteiger partial charge in [-0.1, -0.05) is 0 Å². The first-order valence-electron chi connectivity index (χ1n) is 5.28. The van der Waals surface area contributed by atoms with E-state index in [0.29, 0.717) is 6.42 Å². The summed E-state index contributed by atoms with van der Waals surface area (Å²) in [5.74, 6) is -4.89. The highest BCUT2D eigenvalue weighted by Crippen LogP contribution is 2.26. The molecule has 1 rings (SSSR count). The number of halogens is 3. The van der Waals surface area contributed by atoms with Gasteiger partial charge in [0.05, 0.1) is 0 Å². The van der Waals surface area contributed by atoms with Crippen molar-refractivity contribution < 1.29 is 38.0 Å². The molecule has 9 heteroatoms. The van der Waals surface area contributed by atoms with Crippen LogP contribution in [0.15, 0.2) is 0 Å². The van der Waals surface area contributed by atoms with Crippen molar-refractivity contribution in [2.45, 2.75) is 43.6 Å². The van der Waals surface area contributed by atoms with Crippen molar-refractivity contribution in [2.24, 2.45) is 0 Å². The van der Waals surface area contributed by atoms with E-state index in [2.05, 4.69) is 0 Å². The molecule has 0 aromatic rings. The third-order valence-corrected chi connectivity index (χ3v) is 2.47. The predicted octanol–water partition coefficient (Wildman–Crippen LogP) is -0.767.